The highest BCUT2D eigenvalue weighted by atomic mass is 16.3. The van der Waals surface area contributed by atoms with Gasteiger partial charge in [0.2, 0.25) is 0 Å². The first-order valence-corrected chi connectivity index (χ1v) is 9.60. The molecule has 2 bridgehead atoms. The molecule has 0 radical (unpaired) electrons. The topological polar surface area (TPSA) is 101 Å². The second-order valence-corrected chi connectivity index (χ2v) is 10.1. The van der Waals surface area contributed by atoms with Crippen LogP contribution in [0.25, 0.3) is 0 Å². The van der Waals surface area contributed by atoms with Crippen LogP contribution in [0, 0.1) is 34.0 Å². The lowest BCUT2D eigenvalue weighted by atomic mass is 9.39. The van der Waals surface area contributed by atoms with Gasteiger partial charge in [-0.15, -0.1) is 0 Å². The maximum atomic E-state index is 11.2. The van der Waals surface area contributed by atoms with Crippen molar-refractivity contribution in [2.75, 3.05) is 0 Å². The molecule has 10 atom stereocenters. The standard InChI is InChI=1S/C20H32O5/c1-9-12-13(22)14(23)15-19(4)7-5-6-18(2,3)10(19)8-11(21)20(15,16(9)24)17(12)25/h10-17,21-25H,1,5-8H2,2-4H3. The molecule has 5 heteroatoms. The lowest BCUT2D eigenvalue weighted by molar-refractivity contribution is -0.293. The Morgan fingerprint density at radius 3 is 2.24 bits per heavy atom. The third kappa shape index (κ3) is 1.82. The first-order valence-electron chi connectivity index (χ1n) is 9.60. The maximum absolute atomic E-state index is 11.2. The van der Waals surface area contributed by atoms with Gasteiger partial charge in [0, 0.05) is 11.8 Å². The van der Waals surface area contributed by atoms with E-state index in [1.54, 1.807) is 0 Å². The van der Waals surface area contributed by atoms with Crippen LogP contribution in [0.3, 0.4) is 0 Å². The summed E-state index contributed by atoms with van der Waals surface area (Å²) >= 11 is 0. The van der Waals surface area contributed by atoms with Gasteiger partial charge in [0.05, 0.1) is 35.9 Å². The molecule has 4 fully saturated rings. The van der Waals surface area contributed by atoms with E-state index >= 15 is 0 Å². The summed E-state index contributed by atoms with van der Waals surface area (Å²) in [6, 6.07) is 0. The Hall–Kier alpha value is -0.460. The van der Waals surface area contributed by atoms with Gasteiger partial charge in [0.25, 0.3) is 0 Å². The van der Waals surface area contributed by atoms with Crippen LogP contribution in [0.1, 0.15) is 46.5 Å². The van der Waals surface area contributed by atoms with E-state index in [0.717, 1.165) is 19.3 Å². The largest absolute Gasteiger partial charge is 0.392 e. The Balaban J connectivity index is 1.93. The smallest absolute Gasteiger partial charge is 0.0893 e. The van der Waals surface area contributed by atoms with Gasteiger partial charge in [-0.1, -0.05) is 33.8 Å². The van der Waals surface area contributed by atoms with Gasteiger partial charge in [0.1, 0.15) is 0 Å². The van der Waals surface area contributed by atoms with Crippen molar-refractivity contribution in [2.45, 2.75) is 77.0 Å². The lowest BCUT2D eigenvalue weighted by Crippen LogP contribution is -2.73. The van der Waals surface area contributed by atoms with Crippen molar-refractivity contribution in [3.05, 3.63) is 12.2 Å². The van der Waals surface area contributed by atoms with Crippen LogP contribution in [-0.2, 0) is 0 Å². The van der Waals surface area contributed by atoms with Crippen LogP contribution in [0.5, 0.6) is 0 Å². The summed E-state index contributed by atoms with van der Waals surface area (Å²) in [6.45, 7) is 10.4. The third-order valence-corrected chi connectivity index (χ3v) is 8.73. The van der Waals surface area contributed by atoms with Gasteiger partial charge in [-0.05, 0) is 41.6 Å². The molecule has 1 spiro atoms. The second kappa shape index (κ2) is 5.08. The summed E-state index contributed by atoms with van der Waals surface area (Å²) in [4.78, 5) is 0. The average molecular weight is 352 g/mol. The van der Waals surface area contributed by atoms with Gasteiger partial charge in [-0.3, -0.25) is 0 Å². The molecule has 0 aromatic rings. The Labute approximate surface area is 149 Å². The monoisotopic (exact) mass is 352 g/mol. The molecular weight excluding hydrogens is 320 g/mol. The Kier molecular flexibility index (Phi) is 3.64. The van der Waals surface area contributed by atoms with Crippen molar-refractivity contribution >= 4 is 0 Å². The summed E-state index contributed by atoms with van der Waals surface area (Å²) in [5.41, 5.74) is -1.25. The van der Waals surface area contributed by atoms with Crippen LogP contribution < -0.4 is 0 Å². The summed E-state index contributed by atoms with van der Waals surface area (Å²) in [5, 5.41) is 55.1. The molecule has 0 aromatic carbocycles. The number of aliphatic hydroxyl groups excluding tert-OH is 5. The van der Waals surface area contributed by atoms with E-state index < -0.39 is 47.8 Å². The quantitative estimate of drug-likeness (QED) is 0.416. The molecule has 4 rings (SSSR count). The highest BCUT2D eigenvalue weighted by molar-refractivity contribution is 5.35. The van der Waals surface area contributed by atoms with E-state index in [1.165, 1.54) is 0 Å². The number of hydrogen-bond acceptors (Lipinski definition) is 5. The predicted octanol–water partition coefficient (Wildman–Crippen LogP) is 0.829. The van der Waals surface area contributed by atoms with Crippen LogP contribution in [0.2, 0.25) is 0 Å². The van der Waals surface area contributed by atoms with E-state index in [4.69, 9.17) is 0 Å². The van der Waals surface area contributed by atoms with Gasteiger partial charge >= 0.3 is 0 Å². The fourth-order valence-electron chi connectivity index (χ4n) is 7.75. The molecule has 0 saturated heterocycles. The normalized spacial score (nSPS) is 60.1. The van der Waals surface area contributed by atoms with Gasteiger partial charge in [-0.2, -0.15) is 0 Å². The first-order chi connectivity index (χ1) is 11.5. The molecule has 4 saturated carbocycles. The molecular formula is C20H32O5. The first kappa shape index (κ1) is 17.9. The van der Waals surface area contributed by atoms with Crippen LogP contribution >= 0.6 is 0 Å². The van der Waals surface area contributed by atoms with Gasteiger partial charge in [0.15, 0.2) is 0 Å². The Morgan fingerprint density at radius 2 is 1.60 bits per heavy atom. The van der Waals surface area contributed by atoms with Crippen molar-refractivity contribution in [3.8, 4) is 0 Å². The minimum Gasteiger partial charge on any atom is -0.392 e. The molecule has 25 heavy (non-hydrogen) atoms. The van der Waals surface area contributed by atoms with Crippen molar-refractivity contribution in [2.24, 2.45) is 34.0 Å². The van der Waals surface area contributed by atoms with Crippen molar-refractivity contribution in [3.63, 3.8) is 0 Å². The summed E-state index contributed by atoms with van der Waals surface area (Å²) in [7, 11) is 0. The molecule has 5 nitrogen and oxygen atoms in total. The number of hydrogen-bond donors (Lipinski definition) is 5. The van der Waals surface area contributed by atoms with E-state index in [-0.39, 0.29) is 16.7 Å². The minimum atomic E-state index is -1.24. The van der Waals surface area contributed by atoms with Crippen LogP contribution in [0.4, 0.5) is 0 Å². The average Bonchev–Trinajstić information content (AvgIpc) is 2.66. The van der Waals surface area contributed by atoms with Crippen LogP contribution in [0.15, 0.2) is 12.2 Å². The third-order valence-electron chi connectivity index (χ3n) is 8.73. The van der Waals surface area contributed by atoms with Crippen LogP contribution in [-0.4, -0.2) is 56.1 Å². The number of rotatable bonds is 0. The van der Waals surface area contributed by atoms with E-state index in [9.17, 15) is 25.5 Å². The van der Waals surface area contributed by atoms with Gasteiger partial charge in [-0.25, -0.2) is 0 Å². The molecule has 0 heterocycles. The molecule has 4 aliphatic rings. The molecule has 10 unspecified atom stereocenters. The van der Waals surface area contributed by atoms with E-state index in [0.29, 0.717) is 12.0 Å². The molecule has 142 valence electrons. The molecule has 5 N–H and O–H groups in total. The molecule has 4 aliphatic carbocycles. The fraction of sp³-hybridized carbons (Fsp3) is 0.900. The SMILES string of the molecule is C=C1C2C(O)C(O)C3C4(C)CCCC(C)(C)C4CC(O)C3(C1O)C2O. The fourth-order valence-corrected chi connectivity index (χ4v) is 7.75. The molecule has 0 amide bonds. The number of aliphatic hydroxyl groups is 5. The second-order valence-electron chi connectivity index (χ2n) is 10.1. The van der Waals surface area contributed by atoms with Crippen molar-refractivity contribution < 1.29 is 25.5 Å². The maximum Gasteiger partial charge on any atom is 0.0893 e. The molecule has 0 aliphatic heterocycles. The van der Waals surface area contributed by atoms with E-state index in [2.05, 4.69) is 27.4 Å². The predicted molar refractivity (Wildman–Crippen MR) is 92.4 cm³/mol. The highest BCUT2D eigenvalue weighted by Crippen LogP contribution is 2.71. The zero-order valence-corrected chi connectivity index (χ0v) is 15.4. The molecule has 0 aromatic heterocycles. The van der Waals surface area contributed by atoms with E-state index in [1.807, 2.05) is 0 Å². The minimum absolute atomic E-state index is 0.00261. The Bertz CT molecular complexity index is 603. The van der Waals surface area contributed by atoms with Gasteiger partial charge < -0.3 is 25.5 Å². The highest BCUT2D eigenvalue weighted by Gasteiger charge is 2.77. The summed E-state index contributed by atoms with van der Waals surface area (Å²) in [5.74, 6) is -1.19. The van der Waals surface area contributed by atoms with Crippen molar-refractivity contribution in [1.82, 2.24) is 0 Å². The zero-order valence-electron chi connectivity index (χ0n) is 15.4. The summed E-state index contributed by atoms with van der Waals surface area (Å²) in [6.07, 6.45) is -1.96. The number of fused-ring (bicyclic) bond motifs is 3. The zero-order chi connectivity index (χ0) is 18.5. The lowest BCUT2D eigenvalue weighted by Gasteiger charge is -2.67. The van der Waals surface area contributed by atoms with Crippen molar-refractivity contribution in [1.29, 1.82) is 0 Å². The summed E-state index contributed by atoms with van der Waals surface area (Å²) < 4.78 is 0. The Morgan fingerprint density at radius 1 is 0.960 bits per heavy atom.